The maximum Gasteiger partial charge on any atom is 0.136 e. The first kappa shape index (κ1) is 17.5. The van der Waals surface area contributed by atoms with Crippen molar-refractivity contribution < 1.29 is 5.11 Å². The van der Waals surface area contributed by atoms with Crippen molar-refractivity contribution in [3.63, 3.8) is 0 Å². The number of allylic oxidation sites excluding steroid dienone is 3. The molecule has 21 heavy (non-hydrogen) atoms. The summed E-state index contributed by atoms with van der Waals surface area (Å²) in [6, 6.07) is 8.17. The highest BCUT2D eigenvalue weighted by Gasteiger charge is 2.35. The predicted molar refractivity (Wildman–Crippen MR) is 92.3 cm³/mol. The van der Waals surface area contributed by atoms with Gasteiger partial charge in [-0.1, -0.05) is 68.0 Å². The molecule has 0 fully saturated rings. The molecular weight excluding hydrogens is 256 g/mol. The Kier molecular flexibility index (Phi) is 6.64. The maximum absolute atomic E-state index is 11.6. The van der Waals surface area contributed by atoms with Crippen molar-refractivity contribution in [1.29, 1.82) is 0 Å². The van der Waals surface area contributed by atoms with Crippen LogP contribution in [0.5, 0.6) is 0 Å². The molecule has 1 atom stereocenters. The van der Waals surface area contributed by atoms with E-state index in [2.05, 4.69) is 39.0 Å². The van der Waals surface area contributed by atoms with Crippen molar-refractivity contribution in [3.8, 4) is 0 Å². The van der Waals surface area contributed by atoms with Gasteiger partial charge < -0.3 is 5.11 Å². The number of benzene rings is 1. The van der Waals surface area contributed by atoms with Gasteiger partial charge in [-0.25, -0.2) is 0 Å². The van der Waals surface area contributed by atoms with Crippen LogP contribution in [0.4, 0.5) is 0 Å². The molecule has 0 bridgehead atoms. The first-order valence-electron chi connectivity index (χ1n) is 7.83. The van der Waals surface area contributed by atoms with E-state index in [0.717, 1.165) is 29.6 Å². The van der Waals surface area contributed by atoms with Gasteiger partial charge in [-0.15, -0.1) is 0 Å². The first-order chi connectivity index (χ1) is 10.0. The molecule has 0 saturated heterocycles. The van der Waals surface area contributed by atoms with Crippen LogP contribution in [0.2, 0.25) is 0 Å². The molecule has 1 rings (SSSR count). The summed E-state index contributed by atoms with van der Waals surface area (Å²) in [6.45, 7) is 10.2. The molecule has 0 aliphatic carbocycles. The van der Waals surface area contributed by atoms with Gasteiger partial charge in [-0.2, -0.15) is 0 Å². The molecule has 1 unspecified atom stereocenters. The van der Waals surface area contributed by atoms with E-state index in [1.54, 1.807) is 0 Å². The lowest BCUT2D eigenvalue weighted by molar-refractivity contribution is 0.116. The lowest BCUT2D eigenvalue weighted by Crippen LogP contribution is -2.30. The fourth-order valence-electron chi connectivity index (χ4n) is 2.74. The predicted octanol–water partition coefficient (Wildman–Crippen LogP) is 5.45. The Hall–Kier alpha value is -1.60. The molecule has 0 aromatic heterocycles. The van der Waals surface area contributed by atoms with Gasteiger partial charge in [-0.3, -0.25) is 0 Å². The van der Waals surface area contributed by atoms with Crippen molar-refractivity contribution in [3.05, 3.63) is 70.8 Å². The zero-order valence-corrected chi connectivity index (χ0v) is 14.0. The van der Waals surface area contributed by atoms with Crippen LogP contribution in [0.15, 0.2) is 59.7 Å². The normalized spacial score (nSPS) is 16.3. The van der Waals surface area contributed by atoms with Gasteiger partial charge in [0.2, 0.25) is 0 Å². The van der Waals surface area contributed by atoms with Crippen molar-refractivity contribution in [1.82, 2.24) is 0 Å². The molecule has 0 spiro atoms. The van der Waals surface area contributed by atoms with E-state index in [-0.39, 0.29) is 0 Å². The lowest BCUT2D eigenvalue weighted by atomic mass is 9.77. The quantitative estimate of drug-likeness (QED) is 0.544. The highest BCUT2D eigenvalue weighted by Crippen LogP contribution is 2.39. The number of aliphatic hydroxyl groups is 1. The molecule has 114 valence electrons. The van der Waals surface area contributed by atoms with E-state index in [4.69, 9.17) is 0 Å². The van der Waals surface area contributed by atoms with Crippen LogP contribution in [0.1, 0.15) is 51.7 Å². The largest absolute Gasteiger partial charge is 0.376 e. The van der Waals surface area contributed by atoms with Crippen LogP contribution in [0.3, 0.4) is 0 Å². The van der Waals surface area contributed by atoms with Crippen LogP contribution >= 0.6 is 0 Å². The van der Waals surface area contributed by atoms with Gasteiger partial charge in [0.15, 0.2) is 0 Å². The van der Waals surface area contributed by atoms with Crippen molar-refractivity contribution in [2.45, 2.75) is 53.1 Å². The molecule has 0 aliphatic rings. The topological polar surface area (TPSA) is 20.2 Å². The van der Waals surface area contributed by atoms with Crippen molar-refractivity contribution in [2.24, 2.45) is 0 Å². The van der Waals surface area contributed by atoms with E-state index >= 15 is 0 Å². The fraction of sp³-hybridized carbons (Fsp3) is 0.400. The summed E-state index contributed by atoms with van der Waals surface area (Å²) in [5, 5.41) is 11.6. The fourth-order valence-corrected chi connectivity index (χ4v) is 2.74. The number of aryl methyl sites for hydroxylation is 1. The first-order valence-corrected chi connectivity index (χ1v) is 7.83. The summed E-state index contributed by atoms with van der Waals surface area (Å²) >= 11 is 0. The van der Waals surface area contributed by atoms with Crippen LogP contribution in [-0.2, 0) is 5.60 Å². The zero-order valence-electron chi connectivity index (χ0n) is 14.0. The average Bonchev–Trinajstić information content (AvgIpc) is 2.48. The van der Waals surface area contributed by atoms with E-state index in [1.165, 1.54) is 5.56 Å². The van der Waals surface area contributed by atoms with Crippen LogP contribution in [0.25, 0.3) is 0 Å². The monoisotopic (exact) mass is 284 g/mol. The smallest absolute Gasteiger partial charge is 0.136 e. The van der Waals surface area contributed by atoms with Gasteiger partial charge in [0.1, 0.15) is 5.60 Å². The minimum absolute atomic E-state index is 0.819. The average molecular weight is 284 g/mol. The number of hydrogen-bond acceptors (Lipinski definition) is 1. The van der Waals surface area contributed by atoms with Crippen molar-refractivity contribution in [2.75, 3.05) is 0 Å². The SMILES string of the molecule is C/C=C\C(=C/CC)C(O)(/C(=C/C)CC)c1ccc(C)cc1. The Morgan fingerprint density at radius 3 is 2.19 bits per heavy atom. The highest BCUT2D eigenvalue weighted by molar-refractivity contribution is 5.47. The third-order valence-electron chi connectivity index (χ3n) is 3.85. The van der Waals surface area contributed by atoms with Gasteiger partial charge >= 0.3 is 0 Å². The molecule has 0 radical (unpaired) electrons. The Balaban J connectivity index is 3.56. The summed E-state index contributed by atoms with van der Waals surface area (Å²) in [6.07, 6.45) is 9.87. The minimum Gasteiger partial charge on any atom is -0.376 e. The van der Waals surface area contributed by atoms with Gasteiger partial charge in [0.05, 0.1) is 0 Å². The second-order valence-electron chi connectivity index (χ2n) is 5.31. The highest BCUT2D eigenvalue weighted by atomic mass is 16.3. The van der Waals surface area contributed by atoms with Crippen LogP contribution in [0, 0.1) is 6.92 Å². The molecule has 0 heterocycles. The number of hydrogen-bond donors (Lipinski definition) is 1. The van der Waals surface area contributed by atoms with Crippen LogP contribution < -0.4 is 0 Å². The molecule has 1 aromatic carbocycles. The Bertz CT molecular complexity index is 531. The molecule has 1 N–H and O–H groups in total. The van der Waals surface area contributed by atoms with Gasteiger partial charge in [0, 0.05) is 0 Å². The van der Waals surface area contributed by atoms with Gasteiger partial charge in [0.25, 0.3) is 0 Å². The lowest BCUT2D eigenvalue weighted by Gasteiger charge is -2.33. The summed E-state index contributed by atoms with van der Waals surface area (Å²) in [5.41, 5.74) is 3.07. The molecule has 0 saturated carbocycles. The summed E-state index contributed by atoms with van der Waals surface area (Å²) < 4.78 is 0. The molecule has 1 heteroatoms. The molecule has 0 aliphatic heterocycles. The van der Waals surface area contributed by atoms with Gasteiger partial charge in [-0.05, 0) is 50.3 Å². The molecule has 1 aromatic rings. The third-order valence-corrected chi connectivity index (χ3v) is 3.85. The number of rotatable bonds is 6. The second kappa shape index (κ2) is 7.99. The van der Waals surface area contributed by atoms with Crippen molar-refractivity contribution >= 4 is 0 Å². The van der Waals surface area contributed by atoms with E-state index < -0.39 is 5.60 Å². The molecule has 1 nitrogen and oxygen atoms in total. The Morgan fingerprint density at radius 2 is 1.76 bits per heavy atom. The standard InChI is InChI=1S/C20H28O/c1-6-10-18(11-7-2)20(21,17(8-3)9-4)19-14-12-16(5)13-15-19/h6,8,10-15,21H,7,9H2,1-5H3/b10-6-,17-8+,18-11+. The maximum atomic E-state index is 11.6. The summed E-state index contributed by atoms with van der Waals surface area (Å²) in [7, 11) is 0. The van der Waals surface area contributed by atoms with Crippen LogP contribution in [-0.4, -0.2) is 5.11 Å². The Morgan fingerprint density at radius 1 is 1.14 bits per heavy atom. The summed E-state index contributed by atoms with van der Waals surface area (Å²) in [4.78, 5) is 0. The zero-order chi connectivity index (χ0) is 15.9. The summed E-state index contributed by atoms with van der Waals surface area (Å²) in [5.74, 6) is 0. The van der Waals surface area contributed by atoms with E-state index in [0.29, 0.717) is 0 Å². The second-order valence-corrected chi connectivity index (χ2v) is 5.31. The molecular formula is C20H28O. The minimum atomic E-state index is -1.04. The third kappa shape index (κ3) is 3.74. The molecule has 0 amide bonds. The van der Waals surface area contributed by atoms with E-state index in [1.807, 2.05) is 44.2 Å². The van der Waals surface area contributed by atoms with E-state index in [9.17, 15) is 5.11 Å². The Labute approximate surface area is 129 Å².